The van der Waals surface area contributed by atoms with E-state index in [0.717, 1.165) is 22.2 Å². The predicted octanol–water partition coefficient (Wildman–Crippen LogP) is 4.83. The van der Waals surface area contributed by atoms with Gasteiger partial charge in [-0.15, -0.1) is 0 Å². The van der Waals surface area contributed by atoms with Gasteiger partial charge in [-0.25, -0.2) is 0 Å². The fraction of sp³-hybridized carbons (Fsp3) is 0.471. The van der Waals surface area contributed by atoms with Crippen molar-refractivity contribution in [3.63, 3.8) is 0 Å². The Hall–Kier alpha value is -1.28. The molecule has 0 radical (unpaired) electrons. The summed E-state index contributed by atoms with van der Waals surface area (Å²) in [7, 11) is 0. The minimum atomic E-state index is 0.372. The van der Waals surface area contributed by atoms with Gasteiger partial charge in [0.2, 0.25) is 0 Å². The number of allylic oxidation sites excluding steroid dienone is 2. The summed E-state index contributed by atoms with van der Waals surface area (Å²) in [5.74, 6) is 1.31. The van der Waals surface area contributed by atoms with Gasteiger partial charge in [-0.05, 0) is 48.4 Å². The first-order valence-corrected chi connectivity index (χ1v) is 7.48. The second kappa shape index (κ2) is 4.92. The van der Waals surface area contributed by atoms with E-state index in [2.05, 4.69) is 32.0 Å². The first-order chi connectivity index (χ1) is 9.48. The third kappa shape index (κ3) is 2.49. The van der Waals surface area contributed by atoms with Gasteiger partial charge in [0, 0.05) is 10.9 Å². The zero-order valence-corrected chi connectivity index (χ0v) is 12.9. The Bertz CT molecular complexity index is 571. The molecule has 2 aliphatic carbocycles. The topological polar surface area (TPSA) is 21.6 Å². The maximum atomic E-state index is 5.86. The van der Waals surface area contributed by atoms with Gasteiger partial charge < -0.3 is 4.84 Å². The van der Waals surface area contributed by atoms with Gasteiger partial charge in [0.25, 0.3) is 0 Å². The molecule has 20 heavy (non-hydrogen) atoms. The lowest BCUT2D eigenvalue weighted by Gasteiger charge is -2.09. The van der Waals surface area contributed by atoms with E-state index in [0.29, 0.717) is 17.9 Å². The van der Waals surface area contributed by atoms with Gasteiger partial charge in [0.05, 0.1) is 5.71 Å². The lowest BCUT2D eigenvalue weighted by molar-refractivity contribution is 0.129. The largest absolute Gasteiger partial charge is 0.391 e. The van der Waals surface area contributed by atoms with Crippen molar-refractivity contribution in [3.05, 3.63) is 46.5 Å². The molecular formula is C17H20ClNO. The number of benzene rings is 1. The molecule has 1 saturated carbocycles. The lowest BCUT2D eigenvalue weighted by Crippen LogP contribution is -2.08. The number of nitrogens with zero attached hydrogens (tertiary/aromatic N) is 1. The fourth-order valence-corrected chi connectivity index (χ4v) is 3.43. The van der Waals surface area contributed by atoms with E-state index < -0.39 is 0 Å². The Morgan fingerprint density at radius 1 is 1.30 bits per heavy atom. The van der Waals surface area contributed by atoms with E-state index in [-0.39, 0.29) is 0 Å². The predicted molar refractivity (Wildman–Crippen MR) is 82.8 cm³/mol. The summed E-state index contributed by atoms with van der Waals surface area (Å²) in [5, 5.41) is 5.12. The molecule has 0 spiro atoms. The van der Waals surface area contributed by atoms with Crippen LogP contribution in [0.15, 0.2) is 41.1 Å². The molecule has 0 amide bonds. The van der Waals surface area contributed by atoms with Crippen LogP contribution in [-0.4, -0.2) is 5.71 Å². The Kier molecular flexibility index (Phi) is 3.37. The van der Waals surface area contributed by atoms with Crippen molar-refractivity contribution in [3.8, 4) is 0 Å². The minimum absolute atomic E-state index is 0.372. The quantitative estimate of drug-likeness (QED) is 0.730. The molecule has 0 bridgehead atoms. The normalized spacial score (nSPS) is 28.8. The molecule has 0 N–H and O–H groups in total. The third-order valence-corrected chi connectivity index (χ3v) is 4.87. The zero-order valence-electron chi connectivity index (χ0n) is 12.2. The van der Waals surface area contributed by atoms with E-state index in [1.165, 1.54) is 12.0 Å². The van der Waals surface area contributed by atoms with Gasteiger partial charge in [0.1, 0.15) is 6.61 Å². The van der Waals surface area contributed by atoms with Crippen LogP contribution in [0.25, 0.3) is 0 Å². The standard InChI is InChI=1S/C17H20ClNO/c1-11-8-14-16(17(14,2)3)15(9-11)19-20-10-12-4-6-13(18)7-5-12/h4-7,9,14,16H,8,10H2,1-3H3/b19-15-. The SMILES string of the molecule is CC1=C/C(=N/OCc2ccc(Cl)cc2)C2C(C1)C2(C)C. The average molecular weight is 290 g/mol. The number of oxime groups is 1. The molecular weight excluding hydrogens is 270 g/mol. The van der Waals surface area contributed by atoms with Crippen LogP contribution in [0.2, 0.25) is 5.02 Å². The zero-order chi connectivity index (χ0) is 14.3. The van der Waals surface area contributed by atoms with Crippen molar-refractivity contribution in [1.29, 1.82) is 0 Å². The average Bonchev–Trinajstić information content (AvgIpc) is 2.94. The smallest absolute Gasteiger partial charge is 0.142 e. The maximum Gasteiger partial charge on any atom is 0.142 e. The maximum absolute atomic E-state index is 5.86. The van der Waals surface area contributed by atoms with Crippen molar-refractivity contribution < 1.29 is 4.84 Å². The molecule has 1 aromatic carbocycles. The summed E-state index contributed by atoms with van der Waals surface area (Å²) in [6.45, 7) is 7.32. The number of fused-ring (bicyclic) bond motifs is 1. The molecule has 106 valence electrons. The molecule has 2 atom stereocenters. The van der Waals surface area contributed by atoms with Crippen LogP contribution in [-0.2, 0) is 11.4 Å². The van der Waals surface area contributed by atoms with Gasteiger partial charge in [0.15, 0.2) is 0 Å². The van der Waals surface area contributed by atoms with Gasteiger partial charge in [-0.1, -0.05) is 48.3 Å². The summed E-state index contributed by atoms with van der Waals surface area (Å²) in [6.07, 6.45) is 3.39. The molecule has 3 rings (SSSR count). The van der Waals surface area contributed by atoms with E-state index in [1.807, 2.05) is 24.3 Å². The van der Waals surface area contributed by atoms with Crippen molar-refractivity contribution in [2.24, 2.45) is 22.4 Å². The van der Waals surface area contributed by atoms with Gasteiger partial charge >= 0.3 is 0 Å². The lowest BCUT2D eigenvalue weighted by atomic mass is 10.00. The Labute approximate surface area is 125 Å². The molecule has 2 nitrogen and oxygen atoms in total. The van der Waals surface area contributed by atoms with Crippen molar-refractivity contribution in [1.82, 2.24) is 0 Å². The number of hydrogen-bond acceptors (Lipinski definition) is 2. The number of halogens is 1. The molecule has 0 aromatic heterocycles. The molecule has 1 aromatic rings. The molecule has 2 unspecified atom stereocenters. The molecule has 0 saturated heterocycles. The van der Waals surface area contributed by atoms with Crippen molar-refractivity contribution >= 4 is 17.3 Å². The minimum Gasteiger partial charge on any atom is -0.391 e. The summed E-state index contributed by atoms with van der Waals surface area (Å²) in [5.41, 5.74) is 3.97. The molecule has 1 fully saturated rings. The number of rotatable bonds is 3. The molecule has 3 heteroatoms. The Balaban J connectivity index is 1.66. The van der Waals surface area contributed by atoms with Gasteiger partial charge in [-0.2, -0.15) is 0 Å². The fourth-order valence-electron chi connectivity index (χ4n) is 3.31. The van der Waals surface area contributed by atoms with Crippen LogP contribution < -0.4 is 0 Å². The summed E-state index contributed by atoms with van der Waals surface area (Å²) < 4.78 is 0. The van der Waals surface area contributed by atoms with E-state index in [4.69, 9.17) is 16.4 Å². The molecule has 2 aliphatic rings. The van der Waals surface area contributed by atoms with E-state index in [1.54, 1.807) is 0 Å². The first-order valence-electron chi connectivity index (χ1n) is 7.10. The molecule has 0 aliphatic heterocycles. The first kappa shape index (κ1) is 13.7. The van der Waals surface area contributed by atoms with Crippen molar-refractivity contribution in [2.45, 2.75) is 33.8 Å². The summed E-state index contributed by atoms with van der Waals surface area (Å²) in [6, 6.07) is 7.68. The van der Waals surface area contributed by atoms with Crippen LogP contribution in [0.3, 0.4) is 0 Å². The van der Waals surface area contributed by atoms with Crippen LogP contribution in [0.5, 0.6) is 0 Å². The highest BCUT2D eigenvalue weighted by atomic mass is 35.5. The van der Waals surface area contributed by atoms with Crippen LogP contribution in [0, 0.1) is 17.3 Å². The summed E-state index contributed by atoms with van der Waals surface area (Å²) in [4.78, 5) is 5.54. The van der Waals surface area contributed by atoms with Gasteiger partial charge in [-0.3, -0.25) is 0 Å². The number of hydrogen-bond donors (Lipinski definition) is 0. The van der Waals surface area contributed by atoms with E-state index in [9.17, 15) is 0 Å². The highest BCUT2D eigenvalue weighted by molar-refractivity contribution is 6.30. The van der Waals surface area contributed by atoms with Crippen molar-refractivity contribution in [2.75, 3.05) is 0 Å². The van der Waals surface area contributed by atoms with Crippen LogP contribution in [0.1, 0.15) is 32.8 Å². The third-order valence-electron chi connectivity index (χ3n) is 4.62. The Morgan fingerprint density at radius 2 is 2.00 bits per heavy atom. The van der Waals surface area contributed by atoms with E-state index >= 15 is 0 Å². The monoisotopic (exact) mass is 289 g/mol. The second-order valence-corrected chi connectivity index (χ2v) is 6.95. The summed E-state index contributed by atoms with van der Waals surface area (Å²) >= 11 is 5.86. The Morgan fingerprint density at radius 3 is 2.70 bits per heavy atom. The highest BCUT2D eigenvalue weighted by Crippen LogP contribution is 2.63. The van der Waals surface area contributed by atoms with Crippen LogP contribution >= 0.6 is 11.6 Å². The highest BCUT2D eigenvalue weighted by Gasteiger charge is 2.60. The second-order valence-electron chi connectivity index (χ2n) is 6.52. The molecule has 0 heterocycles. The van der Waals surface area contributed by atoms with Crippen LogP contribution in [0.4, 0.5) is 0 Å².